The molecule has 0 spiro atoms. The number of amides is 2. The average molecular weight is 425 g/mol. The highest BCUT2D eigenvalue weighted by Gasteiger charge is 2.44. The summed E-state index contributed by atoms with van der Waals surface area (Å²) in [4.78, 5) is 28.8. The number of halogens is 3. The molecular formula is C22H30F3N3O2. The smallest absolute Gasteiger partial charge is 0.340 e. The van der Waals surface area contributed by atoms with Crippen molar-refractivity contribution in [2.75, 3.05) is 38.0 Å². The Balaban J connectivity index is 1.47. The van der Waals surface area contributed by atoms with Crippen molar-refractivity contribution in [2.24, 2.45) is 11.8 Å². The minimum absolute atomic E-state index is 0.0965. The highest BCUT2D eigenvalue weighted by atomic mass is 19.4. The summed E-state index contributed by atoms with van der Waals surface area (Å²) >= 11 is 0. The van der Waals surface area contributed by atoms with Crippen LogP contribution in [0.3, 0.4) is 0 Å². The molecule has 1 N–H and O–H groups in total. The van der Waals surface area contributed by atoms with Gasteiger partial charge in [0.15, 0.2) is 0 Å². The highest BCUT2D eigenvalue weighted by Crippen LogP contribution is 2.40. The Kier molecular flexibility index (Phi) is 7.06. The lowest BCUT2D eigenvalue weighted by Crippen LogP contribution is -2.52. The van der Waals surface area contributed by atoms with Gasteiger partial charge in [-0.3, -0.25) is 14.5 Å². The molecule has 2 unspecified atom stereocenters. The molecule has 1 saturated carbocycles. The fourth-order valence-electron chi connectivity index (χ4n) is 4.49. The zero-order valence-electron chi connectivity index (χ0n) is 17.6. The molecule has 2 aliphatic rings. The predicted molar refractivity (Wildman–Crippen MR) is 109 cm³/mol. The number of nitrogens with one attached hydrogen (secondary N) is 1. The van der Waals surface area contributed by atoms with E-state index in [0.717, 1.165) is 16.8 Å². The lowest BCUT2D eigenvalue weighted by Gasteiger charge is -2.38. The van der Waals surface area contributed by atoms with E-state index in [4.69, 9.17) is 0 Å². The Morgan fingerprint density at radius 2 is 1.70 bits per heavy atom. The molecule has 0 aromatic heterocycles. The van der Waals surface area contributed by atoms with Crippen molar-refractivity contribution in [2.45, 2.75) is 45.7 Å². The van der Waals surface area contributed by atoms with Crippen LogP contribution in [-0.2, 0) is 9.59 Å². The first-order valence-electron chi connectivity index (χ1n) is 10.6. The lowest BCUT2D eigenvalue weighted by molar-refractivity contribution is -0.187. The molecule has 30 heavy (non-hydrogen) atoms. The third kappa shape index (κ3) is 5.53. The van der Waals surface area contributed by atoms with Crippen LogP contribution in [0.25, 0.3) is 0 Å². The van der Waals surface area contributed by atoms with E-state index in [2.05, 4.69) is 5.32 Å². The first kappa shape index (κ1) is 22.6. The van der Waals surface area contributed by atoms with Crippen molar-refractivity contribution < 1.29 is 22.8 Å². The van der Waals surface area contributed by atoms with Crippen LogP contribution in [0.2, 0.25) is 0 Å². The van der Waals surface area contributed by atoms with Crippen LogP contribution in [0.1, 0.15) is 36.8 Å². The molecule has 1 heterocycles. The van der Waals surface area contributed by atoms with E-state index < -0.39 is 18.0 Å². The van der Waals surface area contributed by atoms with Gasteiger partial charge >= 0.3 is 6.18 Å². The van der Waals surface area contributed by atoms with E-state index in [9.17, 15) is 22.8 Å². The van der Waals surface area contributed by atoms with Gasteiger partial charge in [-0.05, 0) is 44.2 Å². The van der Waals surface area contributed by atoms with E-state index in [0.29, 0.717) is 39.0 Å². The van der Waals surface area contributed by atoms with Gasteiger partial charge in [-0.15, -0.1) is 0 Å². The molecule has 1 saturated heterocycles. The van der Waals surface area contributed by atoms with Crippen LogP contribution < -0.4 is 5.32 Å². The molecule has 5 nitrogen and oxygen atoms in total. The summed E-state index contributed by atoms with van der Waals surface area (Å²) in [5, 5.41) is 2.96. The number of rotatable bonds is 4. The quantitative estimate of drug-likeness (QED) is 0.799. The van der Waals surface area contributed by atoms with Crippen molar-refractivity contribution in [3.8, 4) is 0 Å². The van der Waals surface area contributed by atoms with E-state index in [1.807, 2.05) is 36.9 Å². The SMILES string of the molecule is Cc1cccc(C)c1NC(=O)CN1CCN(C(=O)C2CCCC(C(F)(F)F)C2)CC1. The monoisotopic (exact) mass is 425 g/mol. The molecule has 2 atom stereocenters. The third-order valence-electron chi connectivity index (χ3n) is 6.28. The average Bonchev–Trinajstić information content (AvgIpc) is 2.70. The van der Waals surface area contributed by atoms with Crippen molar-refractivity contribution >= 4 is 17.5 Å². The molecule has 2 fully saturated rings. The van der Waals surface area contributed by atoms with Gasteiger partial charge in [0.05, 0.1) is 12.5 Å². The van der Waals surface area contributed by atoms with Gasteiger partial charge in [0.2, 0.25) is 11.8 Å². The first-order valence-corrected chi connectivity index (χ1v) is 10.6. The standard InChI is InChI=1S/C22H30F3N3O2/c1-15-5-3-6-16(2)20(15)26-19(29)14-27-9-11-28(12-10-27)21(30)17-7-4-8-18(13-17)22(23,24)25/h3,5-6,17-18H,4,7-14H2,1-2H3,(H,26,29). The number of carbonyl (C=O) groups excluding carboxylic acids is 2. The maximum Gasteiger partial charge on any atom is 0.391 e. The number of benzene rings is 1. The number of alkyl halides is 3. The van der Waals surface area contributed by atoms with E-state index >= 15 is 0 Å². The van der Waals surface area contributed by atoms with E-state index in [1.54, 1.807) is 4.90 Å². The second-order valence-electron chi connectivity index (χ2n) is 8.52. The molecule has 1 aliphatic heterocycles. The van der Waals surface area contributed by atoms with Gasteiger partial charge in [0.1, 0.15) is 0 Å². The Bertz CT molecular complexity index is 753. The van der Waals surface area contributed by atoms with Gasteiger partial charge in [0.25, 0.3) is 0 Å². The minimum atomic E-state index is -4.22. The summed E-state index contributed by atoms with van der Waals surface area (Å²) in [5.41, 5.74) is 2.83. The van der Waals surface area contributed by atoms with Crippen LogP contribution in [0.5, 0.6) is 0 Å². The molecule has 1 aliphatic carbocycles. The number of para-hydroxylation sites is 1. The van der Waals surface area contributed by atoms with Gasteiger partial charge < -0.3 is 10.2 Å². The molecule has 3 rings (SSSR count). The highest BCUT2D eigenvalue weighted by molar-refractivity contribution is 5.93. The van der Waals surface area contributed by atoms with E-state index in [1.165, 1.54) is 0 Å². The fourth-order valence-corrected chi connectivity index (χ4v) is 4.49. The Morgan fingerprint density at radius 1 is 1.07 bits per heavy atom. The van der Waals surface area contributed by atoms with Gasteiger partial charge in [-0.2, -0.15) is 13.2 Å². The summed E-state index contributed by atoms with van der Waals surface area (Å²) in [6.45, 7) is 6.10. The van der Waals surface area contributed by atoms with Gasteiger partial charge in [-0.25, -0.2) is 0 Å². The van der Waals surface area contributed by atoms with E-state index in [-0.39, 0.29) is 31.2 Å². The molecule has 1 aromatic carbocycles. The predicted octanol–water partition coefficient (Wildman–Crippen LogP) is 3.75. The van der Waals surface area contributed by atoms with Crippen LogP contribution in [0.15, 0.2) is 18.2 Å². The van der Waals surface area contributed by atoms with Crippen molar-refractivity contribution in [1.82, 2.24) is 9.80 Å². The van der Waals surface area contributed by atoms with Crippen LogP contribution in [0.4, 0.5) is 18.9 Å². The largest absolute Gasteiger partial charge is 0.391 e. The molecule has 2 amide bonds. The first-order chi connectivity index (χ1) is 14.1. The van der Waals surface area contributed by atoms with Crippen LogP contribution >= 0.6 is 0 Å². The van der Waals surface area contributed by atoms with Crippen molar-refractivity contribution in [1.29, 1.82) is 0 Å². The van der Waals surface area contributed by atoms with Crippen molar-refractivity contribution in [3.63, 3.8) is 0 Å². The number of carbonyl (C=O) groups is 2. The molecule has 0 bridgehead atoms. The zero-order valence-corrected chi connectivity index (χ0v) is 17.6. The Labute approximate surface area is 175 Å². The summed E-state index contributed by atoms with van der Waals surface area (Å²) in [6.07, 6.45) is -3.22. The maximum atomic E-state index is 13.0. The van der Waals surface area contributed by atoms with Gasteiger partial charge in [0, 0.05) is 37.8 Å². The molecule has 0 radical (unpaired) electrons. The topological polar surface area (TPSA) is 52.7 Å². The number of hydrogen-bond donors (Lipinski definition) is 1. The number of hydrogen-bond acceptors (Lipinski definition) is 3. The molecule has 8 heteroatoms. The Morgan fingerprint density at radius 3 is 2.30 bits per heavy atom. The number of nitrogens with zero attached hydrogens (tertiary/aromatic N) is 2. The number of piperazine rings is 1. The second-order valence-corrected chi connectivity index (χ2v) is 8.52. The van der Waals surface area contributed by atoms with Gasteiger partial charge in [-0.1, -0.05) is 24.6 Å². The lowest BCUT2D eigenvalue weighted by atomic mass is 9.80. The summed E-state index contributed by atoms with van der Waals surface area (Å²) in [7, 11) is 0. The minimum Gasteiger partial charge on any atom is -0.340 e. The van der Waals surface area contributed by atoms with Crippen LogP contribution in [-0.4, -0.2) is 60.5 Å². The molecule has 166 valence electrons. The zero-order chi connectivity index (χ0) is 21.9. The summed E-state index contributed by atoms with van der Waals surface area (Å²) in [6, 6.07) is 5.84. The summed E-state index contributed by atoms with van der Waals surface area (Å²) in [5.74, 6) is -2.17. The number of aryl methyl sites for hydroxylation is 2. The normalized spacial score (nSPS) is 23.3. The Hall–Kier alpha value is -2.09. The number of anilines is 1. The van der Waals surface area contributed by atoms with Crippen LogP contribution in [0, 0.1) is 25.7 Å². The molecule has 1 aromatic rings. The third-order valence-corrected chi connectivity index (χ3v) is 6.28. The van der Waals surface area contributed by atoms with Crippen molar-refractivity contribution in [3.05, 3.63) is 29.3 Å². The second kappa shape index (κ2) is 9.37. The maximum absolute atomic E-state index is 13.0. The summed E-state index contributed by atoms with van der Waals surface area (Å²) < 4.78 is 39.1. The fraction of sp³-hybridized carbons (Fsp3) is 0.636. The molecular weight excluding hydrogens is 395 g/mol.